The molecule has 1 amide bonds. The second-order valence-corrected chi connectivity index (χ2v) is 15.6. The number of aromatic nitrogens is 2. The molecule has 4 aromatic rings. The fourth-order valence-electron chi connectivity index (χ4n) is 7.84. The average molecular weight is 722 g/mol. The van der Waals surface area contributed by atoms with E-state index in [4.69, 9.17) is 26.8 Å². The number of thiophene rings is 1. The lowest BCUT2D eigenvalue weighted by atomic mass is 9.89. The molecule has 1 unspecified atom stereocenters. The maximum absolute atomic E-state index is 16.7. The normalized spacial score (nSPS) is 23.5. The number of hydrogen-bond donors (Lipinski definition) is 3. The minimum Gasteiger partial charge on any atom is -0.474 e. The molecule has 1 atom stereocenters. The lowest BCUT2D eigenvalue weighted by molar-refractivity contribution is -0.120. The Labute approximate surface area is 297 Å². The molecule has 0 radical (unpaired) electrons. The first-order chi connectivity index (χ1) is 24.1. The van der Waals surface area contributed by atoms with Gasteiger partial charge in [0.25, 0.3) is 0 Å². The summed E-state index contributed by atoms with van der Waals surface area (Å²) in [5, 5.41) is 16.5. The van der Waals surface area contributed by atoms with Crippen LogP contribution in [0.5, 0.6) is 11.9 Å². The van der Waals surface area contributed by atoms with E-state index in [0.717, 1.165) is 62.1 Å². The molecule has 10 nitrogen and oxygen atoms in total. The summed E-state index contributed by atoms with van der Waals surface area (Å²) in [5.41, 5.74) is 6.11. The van der Waals surface area contributed by atoms with Gasteiger partial charge in [-0.25, -0.2) is 8.78 Å². The molecular formula is C36H38ClF2N7O3S. The number of ether oxygens (including phenoxy) is 2. The van der Waals surface area contributed by atoms with Crippen LogP contribution in [0.3, 0.4) is 0 Å². The highest BCUT2D eigenvalue weighted by atomic mass is 35.5. The lowest BCUT2D eigenvalue weighted by Gasteiger charge is -2.35. The van der Waals surface area contributed by atoms with Crippen LogP contribution in [0.25, 0.3) is 32.1 Å². The molecule has 0 spiro atoms. The zero-order chi connectivity index (χ0) is 34.7. The molecule has 2 saturated carbocycles. The van der Waals surface area contributed by atoms with Crippen molar-refractivity contribution in [1.29, 1.82) is 5.26 Å². The highest BCUT2D eigenvalue weighted by molar-refractivity contribution is 7.23. The molecule has 4 N–H and O–H groups in total. The Hall–Kier alpha value is -3.83. The van der Waals surface area contributed by atoms with Gasteiger partial charge in [0.1, 0.15) is 35.1 Å². The molecule has 3 saturated heterocycles. The van der Waals surface area contributed by atoms with Gasteiger partial charge in [0.15, 0.2) is 5.82 Å². The highest BCUT2D eigenvalue weighted by Crippen LogP contribution is 2.46. The number of benzene rings is 2. The average Bonchev–Trinajstić information content (AvgIpc) is 3.97. The number of amides is 1. The van der Waals surface area contributed by atoms with Crippen LogP contribution in [0.15, 0.2) is 18.2 Å². The van der Waals surface area contributed by atoms with Crippen molar-refractivity contribution >= 4 is 54.8 Å². The van der Waals surface area contributed by atoms with Gasteiger partial charge in [0, 0.05) is 49.3 Å². The van der Waals surface area contributed by atoms with E-state index in [1.165, 1.54) is 44.5 Å². The Kier molecular flexibility index (Phi) is 8.70. The van der Waals surface area contributed by atoms with Crippen molar-refractivity contribution in [2.24, 2.45) is 5.92 Å². The maximum atomic E-state index is 16.7. The zero-order valence-electron chi connectivity index (χ0n) is 27.7. The minimum absolute atomic E-state index is 0.00913. The molecule has 5 heterocycles. The zero-order valence-corrected chi connectivity index (χ0v) is 29.2. The monoisotopic (exact) mass is 721 g/mol. The van der Waals surface area contributed by atoms with E-state index < -0.39 is 11.6 Å². The third-order valence-electron chi connectivity index (χ3n) is 10.7. The van der Waals surface area contributed by atoms with Crippen molar-refractivity contribution in [3.05, 3.63) is 40.4 Å². The number of fused-ring (bicyclic) bond motifs is 3. The number of anilines is 1. The summed E-state index contributed by atoms with van der Waals surface area (Å²) in [4.78, 5) is 23.0. The summed E-state index contributed by atoms with van der Waals surface area (Å²) in [6, 6.07) is 7.05. The van der Waals surface area contributed by atoms with Crippen molar-refractivity contribution in [2.45, 2.75) is 82.0 Å². The molecule has 9 rings (SSSR count). The molecule has 262 valence electrons. The van der Waals surface area contributed by atoms with E-state index in [0.29, 0.717) is 19.4 Å². The number of hydrogen-bond acceptors (Lipinski definition) is 10. The Balaban J connectivity index is 0.000000538. The number of carbonyl (C=O) groups is 1. The highest BCUT2D eigenvalue weighted by Gasteiger charge is 2.45. The second kappa shape index (κ2) is 13.1. The van der Waals surface area contributed by atoms with Gasteiger partial charge in [-0.05, 0) is 75.2 Å². The number of halogens is 3. The van der Waals surface area contributed by atoms with Gasteiger partial charge < -0.3 is 25.8 Å². The number of nitrogen functional groups attached to an aromatic ring is 1. The molecule has 2 aromatic carbocycles. The summed E-state index contributed by atoms with van der Waals surface area (Å²) in [6.07, 6.45) is 8.07. The maximum Gasteiger partial charge on any atom is 0.320 e. The van der Waals surface area contributed by atoms with Gasteiger partial charge >= 0.3 is 6.01 Å². The third kappa shape index (κ3) is 6.21. The Bertz CT molecular complexity index is 2020. The number of nitrogens with one attached hydrogen (secondary N) is 2. The predicted octanol–water partition coefficient (Wildman–Crippen LogP) is 6.32. The molecule has 5 fully saturated rings. The first kappa shape index (κ1) is 33.3. The summed E-state index contributed by atoms with van der Waals surface area (Å²) in [7, 11) is 0. The topological polar surface area (TPSA) is 148 Å². The quantitative estimate of drug-likeness (QED) is 0.178. The Morgan fingerprint density at radius 3 is 2.62 bits per heavy atom. The van der Waals surface area contributed by atoms with Crippen molar-refractivity contribution in [3.8, 4) is 29.1 Å². The van der Waals surface area contributed by atoms with Crippen LogP contribution in [0, 0.1) is 28.9 Å². The first-order valence-electron chi connectivity index (χ1n) is 17.3. The van der Waals surface area contributed by atoms with Crippen LogP contribution < -0.4 is 25.8 Å². The van der Waals surface area contributed by atoms with Gasteiger partial charge in [-0.2, -0.15) is 15.2 Å². The van der Waals surface area contributed by atoms with Crippen molar-refractivity contribution in [1.82, 2.24) is 25.5 Å². The van der Waals surface area contributed by atoms with E-state index in [1.54, 1.807) is 0 Å². The van der Waals surface area contributed by atoms with Crippen molar-refractivity contribution < 1.29 is 23.0 Å². The largest absolute Gasteiger partial charge is 0.474 e. The van der Waals surface area contributed by atoms with E-state index in [2.05, 4.69) is 25.5 Å². The van der Waals surface area contributed by atoms with Crippen LogP contribution in [0.1, 0.15) is 63.9 Å². The number of nitrogens with two attached hydrogens (primary N) is 1. The van der Waals surface area contributed by atoms with E-state index >= 15 is 4.39 Å². The van der Waals surface area contributed by atoms with Crippen LogP contribution in [-0.4, -0.2) is 70.7 Å². The molecule has 5 aliphatic rings. The lowest BCUT2D eigenvalue weighted by Crippen LogP contribution is -2.48. The van der Waals surface area contributed by atoms with Crippen molar-refractivity contribution in [3.63, 3.8) is 0 Å². The van der Waals surface area contributed by atoms with Crippen LogP contribution in [-0.2, 0) is 4.79 Å². The van der Waals surface area contributed by atoms with Crippen LogP contribution in [0.2, 0.25) is 5.02 Å². The third-order valence-corrected chi connectivity index (χ3v) is 12.0. The fraction of sp³-hybridized carbons (Fsp3) is 0.500. The van der Waals surface area contributed by atoms with E-state index in [-0.39, 0.29) is 83.2 Å². The summed E-state index contributed by atoms with van der Waals surface area (Å²) >= 11 is 7.65. The first-order valence-corrected chi connectivity index (χ1v) is 18.5. The molecular weight excluding hydrogens is 684 g/mol. The van der Waals surface area contributed by atoms with Gasteiger partial charge in [-0.1, -0.05) is 17.7 Å². The van der Waals surface area contributed by atoms with E-state index in [9.17, 15) is 14.4 Å². The van der Waals surface area contributed by atoms with Crippen LogP contribution >= 0.6 is 22.9 Å². The SMILES string of the molecule is C1CC1C1CN1.CC(=O)NC1CC(Oc2nc(OCC34CCCN3CCC4)nc3c(F)c(-c4ccc(F)c5sc(N)c(C#N)c45)c(Cl)cc23)C1. The smallest absolute Gasteiger partial charge is 0.320 e. The summed E-state index contributed by atoms with van der Waals surface area (Å²) < 4.78 is 44.0. The number of nitriles is 1. The van der Waals surface area contributed by atoms with Gasteiger partial charge in [-0.15, -0.1) is 11.3 Å². The second-order valence-electron chi connectivity index (χ2n) is 14.2. The van der Waals surface area contributed by atoms with Crippen molar-refractivity contribution in [2.75, 3.05) is 32.0 Å². The number of nitrogens with zero attached hydrogens (tertiary/aromatic N) is 4. The predicted molar refractivity (Wildman–Crippen MR) is 188 cm³/mol. The minimum atomic E-state index is -0.780. The standard InChI is InChI=1S/C31H29ClF2N6O3S.C5H9N/c1-15(41)37-16-10-17(11-16)43-29-19-12-21(32)24(18-4-5-22(33)27-23(18)20(13-35)28(36)44-27)25(34)26(19)38-30(39-29)42-14-31-6-2-8-40(31)9-3-7-31;1-2-4(1)5-3-6-5/h4-5,12,16-17H,2-3,6-11,14,36H2,1H3,(H,37,41);4-6H,1-3H2. The molecule has 3 aliphatic heterocycles. The summed E-state index contributed by atoms with van der Waals surface area (Å²) in [6.45, 7) is 5.19. The number of rotatable bonds is 8. The van der Waals surface area contributed by atoms with Gasteiger partial charge in [0.05, 0.1) is 26.2 Å². The molecule has 2 aliphatic carbocycles. The van der Waals surface area contributed by atoms with Crippen LogP contribution in [0.4, 0.5) is 13.8 Å². The Morgan fingerprint density at radius 2 is 1.98 bits per heavy atom. The van der Waals surface area contributed by atoms with Gasteiger partial charge in [-0.3, -0.25) is 9.69 Å². The fourth-order valence-corrected chi connectivity index (χ4v) is 9.09. The number of carbonyl (C=O) groups excluding carboxylic acids is 1. The molecule has 14 heteroatoms. The molecule has 50 heavy (non-hydrogen) atoms. The van der Waals surface area contributed by atoms with E-state index in [1.807, 2.05) is 6.07 Å². The molecule has 2 aromatic heterocycles. The van der Waals surface area contributed by atoms with Gasteiger partial charge in [0.2, 0.25) is 11.8 Å². The summed E-state index contributed by atoms with van der Waals surface area (Å²) in [5.74, 6) is -0.245. The Morgan fingerprint density at radius 1 is 1.24 bits per heavy atom. The molecule has 0 bridgehead atoms.